The van der Waals surface area contributed by atoms with Gasteiger partial charge in [-0.3, -0.25) is 14.3 Å². The van der Waals surface area contributed by atoms with Crippen LogP contribution in [-0.4, -0.2) is 55.7 Å². The number of benzene rings is 1. The molecule has 8 nitrogen and oxygen atoms in total. The van der Waals surface area contributed by atoms with Crippen molar-refractivity contribution in [3.05, 3.63) is 41.4 Å². The number of halogens is 1. The molecule has 1 saturated heterocycles. The third-order valence-electron chi connectivity index (χ3n) is 6.06. The zero-order chi connectivity index (χ0) is 22.4. The van der Waals surface area contributed by atoms with Gasteiger partial charge in [0, 0.05) is 11.4 Å². The summed E-state index contributed by atoms with van der Waals surface area (Å²) in [5.74, 6) is -1.96. The molecular formula is C22H25FN4O4. The second kappa shape index (κ2) is 7.79. The molecule has 2 amide bonds. The van der Waals surface area contributed by atoms with E-state index in [9.17, 15) is 23.9 Å². The molecule has 0 bridgehead atoms. The highest BCUT2D eigenvalue weighted by Gasteiger charge is 2.56. The van der Waals surface area contributed by atoms with E-state index >= 15 is 0 Å². The van der Waals surface area contributed by atoms with Crippen molar-refractivity contribution in [1.82, 2.24) is 20.0 Å². The number of nitrogens with zero attached hydrogens (tertiary/aromatic N) is 3. The number of allylic oxidation sites excluding steroid dienone is 1. The molecule has 1 aromatic heterocycles. The van der Waals surface area contributed by atoms with E-state index in [4.69, 9.17) is 0 Å². The molecule has 2 aromatic rings. The minimum Gasteiger partial charge on any atom is -0.476 e. The van der Waals surface area contributed by atoms with Crippen molar-refractivity contribution in [2.45, 2.75) is 58.3 Å². The van der Waals surface area contributed by atoms with Gasteiger partial charge in [0.05, 0.1) is 11.6 Å². The second-order valence-corrected chi connectivity index (χ2v) is 8.52. The van der Waals surface area contributed by atoms with E-state index in [1.807, 2.05) is 0 Å². The molecule has 0 spiro atoms. The Labute approximate surface area is 178 Å². The van der Waals surface area contributed by atoms with Crippen LogP contribution in [0.25, 0.3) is 10.9 Å². The molecule has 1 saturated carbocycles. The summed E-state index contributed by atoms with van der Waals surface area (Å²) in [5, 5.41) is 16.7. The number of carboxylic acids is 1. The predicted octanol–water partition coefficient (Wildman–Crippen LogP) is 2.49. The van der Waals surface area contributed by atoms with Crippen LogP contribution in [-0.2, 0) is 16.1 Å². The van der Waals surface area contributed by atoms with E-state index in [1.54, 1.807) is 49.9 Å². The lowest BCUT2D eigenvalue weighted by molar-refractivity contribution is -0.140. The average molecular weight is 428 g/mol. The second-order valence-electron chi connectivity index (χ2n) is 8.52. The summed E-state index contributed by atoms with van der Waals surface area (Å²) in [4.78, 5) is 39.1. The summed E-state index contributed by atoms with van der Waals surface area (Å²) >= 11 is 0. The van der Waals surface area contributed by atoms with Crippen LogP contribution in [0, 0.1) is 5.92 Å². The number of aromatic nitrogens is 2. The number of carbonyl (C=O) groups excluding carboxylic acids is 2. The van der Waals surface area contributed by atoms with Crippen LogP contribution < -0.4 is 5.32 Å². The van der Waals surface area contributed by atoms with E-state index in [0.717, 1.165) is 6.42 Å². The number of hydrogen-bond donors (Lipinski definition) is 2. The molecule has 4 rings (SSSR count). The maximum atomic E-state index is 14.1. The predicted molar refractivity (Wildman–Crippen MR) is 111 cm³/mol. The normalized spacial score (nSPS) is 22.7. The smallest absolute Gasteiger partial charge is 0.357 e. The van der Waals surface area contributed by atoms with E-state index < -0.39 is 23.9 Å². The molecule has 1 aliphatic heterocycles. The molecule has 2 N–H and O–H groups in total. The molecule has 31 heavy (non-hydrogen) atoms. The molecule has 2 heterocycles. The third kappa shape index (κ3) is 3.80. The van der Waals surface area contributed by atoms with E-state index in [-0.39, 0.29) is 36.0 Å². The Bertz CT molecular complexity index is 1100. The topological polar surface area (TPSA) is 105 Å². The Balaban J connectivity index is 1.54. The first-order valence-corrected chi connectivity index (χ1v) is 10.3. The number of para-hydroxylation sites is 1. The highest BCUT2D eigenvalue weighted by Crippen LogP contribution is 2.48. The van der Waals surface area contributed by atoms with Gasteiger partial charge in [-0.15, -0.1) is 0 Å². The number of nitrogens with one attached hydrogen (secondary N) is 1. The minimum absolute atomic E-state index is 0.00683. The molecule has 164 valence electrons. The lowest BCUT2D eigenvalue weighted by Gasteiger charge is -2.28. The number of fused-ring (bicyclic) bond motifs is 2. The third-order valence-corrected chi connectivity index (χ3v) is 6.06. The van der Waals surface area contributed by atoms with Gasteiger partial charge in [-0.2, -0.15) is 5.10 Å². The van der Waals surface area contributed by atoms with Crippen molar-refractivity contribution in [2.75, 3.05) is 0 Å². The van der Waals surface area contributed by atoms with E-state index in [2.05, 4.69) is 10.4 Å². The number of hydrogen-bond acceptors (Lipinski definition) is 4. The standard InChI is InChI=1S/C22H25FN4O4/c1-11(2)19(23)12(3)24-21(29)17-9-13-8-16(13)27(17)18(28)10-26-15-7-5-4-6-14(15)20(25-26)22(30)31/h4-7,12-13,16-17H,8-10H2,1-3H3,(H,24,29)(H,30,31)/t12?,13-,16-,17+/m1/s1. The fourth-order valence-electron chi connectivity index (χ4n) is 4.47. The Morgan fingerprint density at radius 3 is 2.65 bits per heavy atom. The first-order chi connectivity index (χ1) is 14.7. The van der Waals surface area contributed by atoms with Gasteiger partial charge in [0.25, 0.3) is 0 Å². The van der Waals surface area contributed by atoms with Crippen molar-refractivity contribution in [1.29, 1.82) is 0 Å². The van der Waals surface area contributed by atoms with Gasteiger partial charge < -0.3 is 15.3 Å². The van der Waals surface area contributed by atoms with Crippen LogP contribution in [0.3, 0.4) is 0 Å². The molecule has 1 unspecified atom stereocenters. The van der Waals surface area contributed by atoms with Crippen molar-refractivity contribution in [2.24, 2.45) is 5.92 Å². The fourth-order valence-corrected chi connectivity index (χ4v) is 4.47. The lowest BCUT2D eigenvalue weighted by Crippen LogP contribution is -2.50. The monoisotopic (exact) mass is 428 g/mol. The van der Waals surface area contributed by atoms with Crippen LogP contribution in [0.2, 0.25) is 0 Å². The van der Waals surface area contributed by atoms with E-state index in [1.165, 1.54) is 4.68 Å². The molecule has 9 heteroatoms. The maximum Gasteiger partial charge on any atom is 0.357 e. The number of rotatable bonds is 6. The molecular weight excluding hydrogens is 403 g/mol. The number of carboxylic acid groups (broad SMARTS) is 1. The van der Waals surface area contributed by atoms with Crippen LogP contribution in [0.4, 0.5) is 4.39 Å². The SMILES string of the molecule is CC(C)=C(F)C(C)NC(=O)[C@@H]1C[C@H]2C[C@H]2N1C(=O)Cn1nc(C(=O)O)c2ccccc21. The number of aromatic carboxylic acids is 1. The van der Waals surface area contributed by atoms with Gasteiger partial charge in [-0.05, 0) is 51.2 Å². The molecule has 1 aromatic carbocycles. The van der Waals surface area contributed by atoms with Gasteiger partial charge >= 0.3 is 5.97 Å². The highest BCUT2D eigenvalue weighted by molar-refractivity contribution is 6.01. The van der Waals surface area contributed by atoms with Crippen LogP contribution in [0.15, 0.2) is 35.7 Å². The zero-order valence-electron chi connectivity index (χ0n) is 17.6. The molecule has 2 fully saturated rings. The van der Waals surface area contributed by atoms with Crippen molar-refractivity contribution in [3.8, 4) is 0 Å². The Morgan fingerprint density at radius 1 is 1.26 bits per heavy atom. The fraction of sp³-hybridized carbons (Fsp3) is 0.455. The summed E-state index contributed by atoms with van der Waals surface area (Å²) in [5.41, 5.74) is 0.921. The summed E-state index contributed by atoms with van der Waals surface area (Å²) in [6.45, 7) is 4.68. The first-order valence-electron chi connectivity index (χ1n) is 10.3. The molecule has 4 atom stereocenters. The highest BCUT2D eigenvalue weighted by atomic mass is 19.1. The van der Waals surface area contributed by atoms with E-state index in [0.29, 0.717) is 22.9 Å². The number of amides is 2. The molecule has 2 aliphatic rings. The van der Waals surface area contributed by atoms with Gasteiger partial charge in [0.2, 0.25) is 11.8 Å². The summed E-state index contributed by atoms with van der Waals surface area (Å²) in [7, 11) is 0. The zero-order valence-corrected chi connectivity index (χ0v) is 17.6. The summed E-state index contributed by atoms with van der Waals surface area (Å²) < 4.78 is 15.5. The Hall–Kier alpha value is -3.23. The molecule has 0 radical (unpaired) electrons. The Kier molecular flexibility index (Phi) is 5.28. The minimum atomic E-state index is -1.17. The quantitative estimate of drug-likeness (QED) is 0.736. The van der Waals surface area contributed by atoms with Crippen molar-refractivity contribution in [3.63, 3.8) is 0 Å². The van der Waals surface area contributed by atoms with Crippen molar-refractivity contribution < 1.29 is 23.9 Å². The largest absolute Gasteiger partial charge is 0.476 e. The average Bonchev–Trinajstić information content (AvgIpc) is 3.23. The van der Waals surface area contributed by atoms with Gasteiger partial charge in [-0.1, -0.05) is 18.2 Å². The summed E-state index contributed by atoms with van der Waals surface area (Å²) in [6.07, 6.45) is 1.39. The van der Waals surface area contributed by atoms with Crippen LogP contribution >= 0.6 is 0 Å². The van der Waals surface area contributed by atoms with Crippen LogP contribution in [0.5, 0.6) is 0 Å². The number of piperidine rings is 1. The van der Waals surface area contributed by atoms with Crippen LogP contribution in [0.1, 0.15) is 44.1 Å². The van der Waals surface area contributed by atoms with Gasteiger partial charge in [-0.25, -0.2) is 9.18 Å². The van der Waals surface area contributed by atoms with Gasteiger partial charge in [0.15, 0.2) is 5.69 Å². The van der Waals surface area contributed by atoms with Gasteiger partial charge in [0.1, 0.15) is 18.4 Å². The Morgan fingerprint density at radius 2 is 1.97 bits per heavy atom. The molecule has 1 aliphatic carbocycles. The number of likely N-dealkylation sites (tertiary alicyclic amines) is 1. The number of carbonyl (C=O) groups is 3. The first kappa shape index (κ1) is 21.0. The maximum absolute atomic E-state index is 14.1. The van der Waals surface area contributed by atoms with Crippen molar-refractivity contribution >= 4 is 28.7 Å². The summed E-state index contributed by atoms with van der Waals surface area (Å²) in [6, 6.07) is 5.38. The lowest BCUT2D eigenvalue weighted by atomic mass is 10.1.